The Morgan fingerprint density at radius 2 is 1.88 bits per heavy atom. The van der Waals surface area contributed by atoms with Crippen LogP contribution in [0.4, 0.5) is 5.69 Å². The molecule has 130 valence electrons. The van der Waals surface area contributed by atoms with E-state index in [1.807, 2.05) is 24.3 Å². The summed E-state index contributed by atoms with van der Waals surface area (Å²) in [7, 11) is 0. The van der Waals surface area contributed by atoms with Gasteiger partial charge in [0.15, 0.2) is 3.95 Å². The summed E-state index contributed by atoms with van der Waals surface area (Å²) in [5.41, 5.74) is 0.604. The minimum atomic E-state index is -0.507. The van der Waals surface area contributed by atoms with Crippen molar-refractivity contribution >= 4 is 52.8 Å². The molecule has 2 aliphatic heterocycles. The summed E-state index contributed by atoms with van der Waals surface area (Å²) in [6.45, 7) is 0. The topological polar surface area (TPSA) is 66.3 Å². The van der Waals surface area contributed by atoms with Gasteiger partial charge in [-0.1, -0.05) is 30.0 Å². The molecule has 3 aromatic rings. The van der Waals surface area contributed by atoms with Gasteiger partial charge < -0.3 is 9.40 Å². The Hall–Kier alpha value is -2.16. The second-order valence-electron chi connectivity index (χ2n) is 6.11. The van der Waals surface area contributed by atoms with Gasteiger partial charge in [0.2, 0.25) is 11.8 Å². The van der Waals surface area contributed by atoms with Gasteiger partial charge >= 0.3 is 0 Å². The number of aromatic amines is 1. The lowest BCUT2D eigenvalue weighted by Crippen LogP contribution is -2.32. The average molecular weight is 401 g/mol. The summed E-state index contributed by atoms with van der Waals surface area (Å²) >= 11 is 8.13. The fourth-order valence-electron chi connectivity index (χ4n) is 3.62. The van der Waals surface area contributed by atoms with Crippen LogP contribution in [0.1, 0.15) is 16.6 Å². The molecule has 0 aliphatic carbocycles. The van der Waals surface area contributed by atoms with Gasteiger partial charge in [0.25, 0.3) is 0 Å². The molecule has 0 spiro atoms. The van der Waals surface area contributed by atoms with Gasteiger partial charge in [0.1, 0.15) is 11.0 Å². The van der Waals surface area contributed by atoms with Crippen LogP contribution < -0.4 is 4.90 Å². The lowest BCUT2D eigenvalue weighted by Gasteiger charge is -2.27. The van der Waals surface area contributed by atoms with E-state index in [0.29, 0.717) is 15.4 Å². The van der Waals surface area contributed by atoms with Crippen LogP contribution in [0.5, 0.6) is 0 Å². The Morgan fingerprint density at radius 1 is 1.08 bits per heavy atom. The third-order valence-corrected chi connectivity index (χ3v) is 7.44. The molecule has 1 fully saturated rings. The molecule has 0 saturated carbocycles. The standard InChI is InChI=1S/C18H12N2O3S3/c21-16-12-11(10-7-4-8-23-10)13-15(19-18(24)26-13)25-14(12)17(22)20(16)9-5-2-1-3-6-9/h1-8,11-12,14H,(H,19,24)/t11-,12+,14-/m0/s1. The third-order valence-electron chi connectivity index (χ3n) is 4.69. The minimum absolute atomic E-state index is 0.190. The average Bonchev–Trinajstić information content (AvgIpc) is 3.34. The number of nitrogens with zero attached hydrogens (tertiary/aromatic N) is 1. The maximum atomic E-state index is 13.3. The molecule has 5 nitrogen and oxygen atoms in total. The Bertz CT molecular complexity index is 1060. The number of H-pyrrole nitrogens is 1. The second-order valence-corrected chi connectivity index (χ2v) is 8.98. The molecule has 5 rings (SSSR count). The van der Waals surface area contributed by atoms with E-state index < -0.39 is 11.2 Å². The van der Waals surface area contributed by atoms with Crippen LogP contribution in [0.3, 0.4) is 0 Å². The van der Waals surface area contributed by atoms with Crippen molar-refractivity contribution in [3.05, 3.63) is 63.3 Å². The summed E-state index contributed by atoms with van der Waals surface area (Å²) in [6, 6.07) is 12.7. The zero-order chi connectivity index (χ0) is 17.8. The number of carbonyl (C=O) groups is 2. The van der Waals surface area contributed by atoms with Crippen LogP contribution >= 0.6 is 35.3 Å². The molecule has 2 aliphatic rings. The van der Waals surface area contributed by atoms with Gasteiger partial charge in [-0.2, -0.15) is 0 Å². The van der Waals surface area contributed by atoms with Gasteiger partial charge in [0.05, 0.1) is 28.8 Å². The highest BCUT2D eigenvalue weighted by Gasteiger charge is 2.56. The Morgan fingerprint density at radius 3 is 2.62 bits per heavy atom. The van der Waals surface area contributed by atoms with Crippen LogP contribution in [-0.4, -0.2) is 22.0 Å². The van der Waals surface area contributed by atoms with Gasteiger partial charge in [-0.3, -0.25) is 9.59 Å². The van der Waals surface area contributed by atoms with Gasteiger partial charge in [0, 0.05) is 4.88 Å². The van der Waals surface area contributed by atoms with Crippen LogP contribution in [0.2, 0.25) is 0 Å². The Kier molecular flexibility index (Phi) is 3.66. The summed E-state index contributed by atoms with van der Waals surface area (Å²) in [5, 5.41) is 0.365. The van der Waals surface area contributed by atoms with Crippen molar-refractivity contribution in [2.45, 2.75) is 16.2 Å². The van der Waals surface area contributed by atoms with Crippen LogP contribution in [0.25, 0.3) is 0 Å². The first-order valence-corrected chi connectivity index (χ1v) is 10.1. The lowest BCUT2D eigenvalue weighted by molar-refractivity contribution is -0.122. The van der Waals surface area contributed by atoms with Crippen LogP contribution in [0, 0.1) is 9.87 Å². The number of carbonyl (C=O) groups excluding carboxylic acids is 2. The molecular formula is C18H12N2O3S3. The highest BCUT2D eigenvalue weighted by molar-refractivity contribution is 8.01. The number of hydrogen-bond donors (Lipinski definition) is 1. The number of imide groups is 1. The Balaban J connectivity index is 1.66. The number of thioether (sulfide) groups is 1. The molecule has 1 aromatic carbocycles. The number of fused-ring (bicyclic) bond motifs is 2. The maximum absolute atomic E-state index is 13.3. The van der Waals surface area contributed by atoms with Crippen molar-refractivity contribution < 1.29 is 14.0 Å². The summed E-state index contributed by atoms with van der Waals surface area (Å²) in [4.78, 5) is 31.8. The fraction of sp³-hybridized carbons (Fsp3) is 0.167. The highest BCUT2D eigenvalue weighted by atomic mass is 32.2. The molecule has 1 saturated heterocycles. The molecule has 26 heavy (non-hydrogen) atoms. The highest BCUT2D eigenvalue weighted by Crippen LogP contribution is 2.53. The van der Waals surface area contributed by atoms with Crippen LogP contribution in [0.15, 0.2) is 58.2 Å². The number of benzene rings is 1. The molecule has 3 atom stereocenters. The summed E-state index contributed by atoms with van der Waals surface area (Å²) in [6.07, 6.45) is 1.59. The molecule has 0 bridgehead atoms. The van der Waals surface area contributed by atoms with Gasteiger partial charge in [-0.15, -0.1) is 11.3 Å². The number of hydrogen-bond acceptors (Lipinski definition) is 6. The van der Waals surface area contributed by atoms with E-state index in [1.165, 1.54) is 28.0 Å². The molecular weight excluding hydrogens is 388 g/mol. The SMILES string of the molecule is O=C1[C@@H]2[C@H](c3ccco3)c3sc(=S)[nH]c3S[C@@H]2C(=O)N1c1ccccc1. The van der Waals surface area contributed by atoms with Crippen molar-refractivity contribution in [1.29, 1.82) is 0 Å². The molecule has 8 heteroatoms. The number of aromatic nitrogens is 1. The van der Waals surface area contributed by atoms with Gasteiger partial charge in [-0.05, 0) is 36.5 Å². The number of amides is 2. The molecule has 0 radical (unpaired) electrons. The molecule has 2 aromatic heterocycles. The maximum Gasteiger partial charge on any atom is 0.248 e. The van der Waals surface area contributed by atoms with E-state index in [-0.39, 0.29) is 17.7 Å². The monoisotopic (exact) mass is 400 g/mol. The predicted octanol–water partition coefficient (Wildman–Crippen LogP) is 4.19. The van der Waals surface area contributed by atoms with Gasteiger partial charge in [-0.25, -0.2) is 4.90 Å². The van der Waals surface area contributed by atoms with E-state index in [9.17, 15) is 9.59 Å². The molecule has 1 N–H and O–H groups in total. The normalized spacial score (nSPS) is 24.6. The van der Waals surface area contributed by atoms with Crippen molar-refractivity contribution in [2.75, 3.05) is 4.90 Å². The van der Waals surface area contributed by atoms with Crippen LogP contribution in [-0.2, 0) is 9.59 Å². The zero-order valence-corrected chi connectivity index (χ0v) is 15.7. The van der Waals surface area contributed by atoms with Crippen molar-refractivity contribution in [3.8, 4) is 0 Å². The number of para-hydroxylation sites is 1. The number of rotatable bonds is 2. The molecule has 2 amide bonds. The Labute approximate surface area is 162 Å². The van der Waals surface area contributed by atoms with E-state index in [2.05, 4.69) is 4.98 Å². The second kappa shape index (κ2) is 5.94. The van der Waals surface area contributed by atoms with Crippen molar-refractivity contribution in [1.82, 2.24) is 4.98 Å². The lowest BCUT2D eigenvalue weighted by atomic mass is 9.87. The quantitative estimate of drug-likeness (QED) is 0.516. The predicted molar refractivity (Wildman–Crippen MR) is 102 cm³/mol. The van der Waals surface area contributed by atoms with Crippen molar-refractivity contribution in [2.24, 2.45) is 5.92 Å². The number of anilines is 1. The first kappa shape index (κ1) is 16.0. The fourth-order valence-corrected chi connectivity index (χ4v) is 6.56. The number of furan rings is 1. The number of nitrogens with one attached hydrogen (secondary N) is 1. The first-order valence-electron chi connectivity index (χ1n) is 8.01. The third kappa shape index (κ3) is 2.26. The van der Waals surface area contributed by atoms with Crippen molar-refractivity contribution in [3.63, 3.8) is 0 Å². The largest absolute Gasteiger partial charge is 0.469 e. The number of thiazole rings is 1. The molecule has 4 heterocycles. The minimum Gasteiger partial charge on any atom is -0.469 e. The smallest absolute Gasteiger partial charge is 0.248 e. The zero-order valence-electron chi connectivity index (χ0n) is 13.2. The van der Waals surface area contributed by atoms with E-state index in [0.717, 1.165) is 9.90 Å². The summed E-state index contributed by atoms with van der Waals surface area (Å²) < 4.78 is 6.28. The van der Waals surface area contributed by atoms with E-state index in [4.69, 9.17) is 16.6 Å². The molecule has 0 unspecified atom stereocenters. The van der Waals surface area contributed by atoms with E-state index in [1.54, 1.807) is 24.5 Å². The van der Waals surface area contributed by atoms with E-state index >= 15 is 0 Å². The summed E-state index contributed by atoms with van der Waals surface area (Å²) in [5.74, 6) is -0.515. The first-order chi connectivity index (χ1) is 12.6.